The van der Waals surface area contributed by atoms with Gasteiger partial charge >= 0.3 is 0 Å². The lowest BCUT2D eigenvalue weighted by Gasteiger charge is -2.25. The zero-order valence-corrected chi connectivity index (χ0v) is 11.1. The summed E-state index contributed by atoms with van der Waals surface area (Å²) in [7, 11) is 1.99. The summed E-state index contributed by atoms with van der Waals surface area (Å²) in [6, 6.07) is 4.19. The Hall–Kier alpha value is -1.98. The minimum absolute atomic E-state index is 0.114. The van der Waals surface area contributed by atoms with Crippen LogP contribution in [0.25, 0.3) is 0 Å². The lowest BCUT2D eigenvalue weighted by atomic mass is 10.3. The highest BCUT2D eigenvalue weighted by molar-refractivity contribution is 5.99. The van der Waals surface area contributed by atoms with Gasteiger partial charge in [0.15, 0.2) is 5.96 Å². The van der Waals surface area contributed by atoms with Gasteiger partial charge in [-0.2, -0.15) is 0 Å². The van der Waals surface area contributed by atoms with Crippen LogP contribution >= 0.6 is 0 Å². The Morgan fingerprint density at radius 2 is 2.17 bits per heavy atom. The Labute approximate surface area is 107 Å². The highest BCUT2D eigenvalue weighted by Crippen LogP contribution is 2.04. The summed E-state index contributed by atoms with van der Waals surface area (Å²) in [6.45, 7) is 4.83. The zero-order chi connectivity index (χ0) is 13.1. The van der Waals surface area contributed by atoms with Gasteiger partial charge in [-0.1, -0.05) is 0 Å². The van der Waals surface area contributed by atoms with Crippen molar-refractivity contribution in [3.05, 3.63) is 23.5 Å². The number of aromatic nitrogens is 1. The molecule has 98 valence electrons. The normalized spacial score (nSPS) is 18.9. The molecule has 0 aliphatic carbocycles. The highest BCUT2D eigenvalue weighted by atomic mass is 15.4. The maximum Gasteiger partial charge on any atom is 0.202 e. The van der Waals surface area contributed by atoms with E-state index in [0.717, 1.165) is 18.9 Å². The first-order valence-corrected chi connectivity index (χ1v) is 6.08. The molecule has 0 amide bonds. The van der Waals surface area contributed by atoms with E-state index in [1.54, 1.807) is 0 Å². The number of nitrogens with zero attached hydrogens (tertiary/aromatic N) is 3. The Bertz CT molecular complexity index is 473. The fraction of sp³-hybridized carbons (Fsp3) is 0.500. The van der Waals surface area contributed by atoms with Crippen molar-refractivity contribution in [3.8, 4) is 0 Å². The molecule has 1 atom stereocenters. The Morgan fingerprint density at radius 3 is 2.78 bits per heavy atom. The van der Waals surface area contributed by atoms with Gasteiger partial charge in [-0.05, 0) is 26.0 Å². The molecule has 0 saturated heterocycles. The molecule has 0 spiro atoms. The molecule has 18 heavy (non-hydrogen) atoms. The molecule has 6 nitrogen and oxygen atoms in total. The van der Waals surface area contributed by atoms with Gasteiger partial charge in [0, 0.05) is 31.4 Å². The number of rotatable bonds is 3. The van der Waals surface area contributed by atoms with Gasteiger partial charge < -0.3 is 15.6 Å². The van der Waals surface area contributed by atoms with Crippen LogP contribution < -0.4 is 11.1 Å². The monoisotopic (exact) mass is 248 g/mol. The fourth-order valence-corrected chi connectivity index (χ4v) is 1.88. The minimum atomic E-state index is -0.114. The van der Waals surface area contributed by atoms with Crippen LogP contribution in [0.3, 0.4) is 0 Å². The molecular formula is C12H20N6. The molecule has 2 rings (SSSR count). The second-order valence-electron chi connectivity index (χ2n) is 4.56. The number of likely N-dealkylation sites (N-methyl/N-ethyl adjacent to an activating group) is 1. The molecule has 1 unspecified atom stereocenters. The van der Waals surface area contributed by atoms with Gasteiger partial charge in [0.25, 0.3) is 0 Å². The largest absolute Gasteiger partial charge is 0.370 e. The number of H-pyrrole nitrogens is 1. The van der Waals surface area contributed by atoms with Crippen LogP contribution in [0.4, 0.5) is 0 Å². The fourth-order valence-electron chi connectivity index (χ4n) is 1.88. The number of nitrogens with two attached hydrogens (primary N) is 1. The van der Waals surface area contributed by atoms with E-state index in [-0.39, 0.29) is 6.17 Å². The van der Waals surface area contributed by atoms with Crippen molar-refractivity contribution >= 4 is 11.9 Å². The van der Waals surface area contributed by atoms with Gasteiger partial charge in [-0.25, -0.2) is 9.98 Å². The number of hydrogen-bond acceptors (Lipinski definition) is 5. The molecule has 1 aromatic heterocycles. The topological polar surface area (TPSA) is 81.8 Å². The summed E-state index contributed by atoms with van der Waals surface area (Å²) < 4.78 is 0. The van der Waals surface area contributed by atoms with E-state index < -0.39 is 0 Å². The van der Waals surface area contributed by atoms with Crippen molar-refractivity contribution < 1.29 is 0 Å². The number of guanidine groups is 2. The van der Waals surface area contributed by atoms with Gasteiger partial charge in [0.2, 0.25) is 5.96 Å². The average Bonchev–Trinajstić information content (AvgIpc) is 2.70. The lowest BCUT2D eigenvalue weighted by molar-refractivity contribution is 0.484. The lowest BCUT2D eigenvalue weighted by Crippen LogP contribution is -2.49. The van der Waals surface area contributed by atoms with E-state index in [1.165, 1.54) is 11.4 Å². The third-order valence-corrected chi connectivity index (χ3v) is 2.85. The van der Waals surface area contributed by atoms with Crippen LogP contribution in [0.1, 0.15) is 18.3 Å². The van der Waals surface area contributed by atoms with Gasteiger partial charge in [-0.3, -0.25) is 5.32 Å². The second kappa shape index (κ2) is 5.12. The van der Waals surface area contributed by atoms with Crippen LogP contribution in [-0.4, -0.2) is 41.6 Å². The Kier molecular flexibility index (Phi) is 3.55. The minimum Gasteiger partial charge on any atom is -0.370 e. The maximum absolute atomic E-state index is 5.69. The van der Waals surface area contributed by atoms with Crippen LogP contribution in [-0.2, 0) is 6.42 Å². The molecule has 0 bridgehead atoms. The van der Waals surface area contributed by atoms with Crippen molar-refractivity contribution in [3.63, 3.8) is 0 Å². The molecule has 0 saturated carbocycles. The van der Waals surface area contributed by atoms with Crippen molar-refractivity contribution in [2.45, 2.75) is 26.4 Å². The highest BCUT2D eigenvalue weighted by Gasteiger charge is 2.14. The Balaban J connectivity index is 1.90. The molecule has 1 aliphatic heterocycles. The summed E-state index contributed by atoms with van der Waals surface area (Å²) in [5.41, 5.74) is 8.10. The standard InChI is InChI=1S/C12H20N6/c1-8-4-5-10(14-8)6-7-18(3)12-16-9(2)15-11(13)17-12/h4-5,9,14H,6-7H2,1-3H3,(H3,13,15,16,17). The zero-order valence-electron chi connectivity index (χ0n) is 11.1. The number of aryl methyl sites for hydroxylation is 1. The average molecular weight is 248 g/mol. The smallest absolute Gasteiger partial charge is 0.202 e. The van der Waals surface area contributed by atoms with Crippen molar-refractivity contribution in [1.82, 2.24) is 15.2 Å². The van der Waals surface area contributed by atoms with Crippen LogP contribution in [0.2, 0.25) is 0 Å². The molecule has 6 heteroatoms. The third kappa shape index (κ3) is 3.03. The van der Waals surface area contributed by atoms with E-state index in [2.05, 4.69) is 39.3 Å². The van der Waals surface area contributed by atoms with E-state index >= 15 is 0 Å². The molecule has 1 aromatic rings. The molecule has 1 aliphatic rings. The maximum atomic E-state index is 5.69. The molecule has 2 heterocycles. The second-order valence-corrected chi connectivity index (χ2v) is 4.56. The number of hydrogen-bond donors (Lipinski definition) is 3. The summed E-state index contributed by atoms with van der Waals surface area (Å²) >= 11 is 0. The summed E-state index contributed by atoms with van der Waals surface area (Å²) in [6.07, 6.45) is 0.827. The van der Waals surface area contributed by atoms with Crippen LogP contribution in [0, 0.1) is 6.92 Å². The number of nitrogens with one attached hydrogen (secondary N) is 2. The van der Waals surface area contributed by atoms with Crippen molar-refractivity contribution in [2.24, 2.45) is 15.7 Å². The number of aromatic amines is 1. The van der Waals surface area contributed by atoms with Crippen LogP contribution in [0.5, 0.6) is 0 Å². The number of aliphatic imine (C=N–C) groups is 2. The SMILES string of the molecule is Cc1ccc(CCN(C)C2=NC(C)N=C(N)N2)[nH]1. The predicted molar refractivity (Wildman–Crippen MR) is 73.5 cm³/mol. The predicted octanol–water partition coefficient (Wildman–Crippen LogP) is 0.417. The molecular weight excluding hydrogens is 228 g/mol. The first kappa shape index (κ1) is 12.5. The molecule has 0 aromatic carbocycles. The Morgan fingerprint density at radius 1 is 1.39 bits per heavy atom. The first-order valence-electron chi connectivity index (χ1n) is 6.08. The van der Waals surface area contributed by atoms with Gasteiger partial charge in [-0.15, -0.1) is 0 Å². The van der Waals surface area contributed by atoms with Crippen molar-refractivity contribution in [1.29, 1.82) is 0 Å². The van der Waals surface area contributed by atoms with Crippen molar-refractivity contribution in [2.75, 3.05) is 13.6 Å². The summed E-state index contributed by atoms with van der Waals surface area (Å²) in [5.74, 6) is 1.20. The van der Waals surface area contributed by atoms with Crippen LogP contribution in [0.15, 0.2) is 22.1 Å². The molecule has 0 radical (unpaired) electrons. The van der Waals surface area contributed by atoms with E-state index in [1.807, 2.05) is 18.9 Å². The van der Waals surface area contributed by atoms with E-state index in [9.17, 15) is 0 Å². The molecule has 4 N–H and O–H groups in total. The summed E-state index contributed by atoms with van der Waals surface area (Å²) in [4.78, 5) is 13.9. The van der Waals surface area contributed by atoms with E-state index in [0.29, 0.717) is 5.96 Å². The molecule has 0 fully saturated rings. The summed E-state index contributed by atoms with van der Waals surface area (Å²) in [5, 5.41) is 2.98. The van der Waals surface area contributed by atoms with Gasteiger partial charge in [0.1, 0.15) is 6.17 Å². The third-order valence-electron chi connectivity index (χ3n) is 2.85. The van der Waals surface area contributed by atoms with Gasteiger partial charge in [0.05, 0.1) is 0 Å². The van der Waals surface area contributed by atoms with E-state index in [4.69, 9.17) is 5.73 Å². The first-order chi connectivity index (χ1) is 8.54. The quantitative estimate of drug-likeness (QED) is 0.725.